The molecule has 2 amide bonds. The number of ketones is 2. The van der Waals surface area contributed by atoms with Crippen LogP contribution < -0.4 is 10.6 Å². The third-order valence-corrected chi connectivity index (χ3v) is 9.90. The molecule has 5 N–H and O–H groups in total. The van der Waals surface area contributed by atoms with Crippen LogP contribution in [0.4, 0.5) is 0 Å². The predicted molar refractivity (Wildman–Crippen MR) is 218 cm³/mol. The Morgan fingerprint density at radius 2 is 1.07 bits per heavy atom. The van der Waals surface area contributed by atoms with Crippen molar-refractivity contribution in [3.8, 4) is 0 Å². The van der Waals surface area contributed by atoms with Crippen LogP contribution >= 0.6 is 0 Å². The van der Waals surface area contributed by atoms with E-state index in [9.17, 15) is 69.0 Å². The van der Waals surface area contributed by atoms with E-state index in [4.69, 9.17) is 43.4 Å². The first kappa shape index (κ1) is 61.0. The lowest BCUT2D eigenvalue weighted by Gasteiger charge is -2.17. The number of carbonyl (C=O) groups excluding carboxylic acids is 6. The molecule has 394 valence electrons. The van der Waals surface area contributed by atoms with Gasteiger partial charge in [0, 0.05) is 32.6 Å². The molecule has 6 fully saturated rings. The molecule has 32 heteroatoms. The van der Waals surface area contributed by atoms with Crippen molar-refractivity contribution < 1.29 is 117 Å². The van der Waals surface area contributed by atoms with Gasteiger partial charge in [0.25, 0.3) is 21.2 Å². The Labute approximate surface area is 392 Å². The highest BCUT2D eigenvalue weighted by Crippen LogP contribution is 2.32. The van der Waals surface area contributed by atoms with Gasteiger partial charge in [0.05, 0.1) is 52.1 Å². The number of fused-ring (bicyclic) bond motifs is 3. The summed E-state index contributed by atoms with van der Waals surface area (Å²) in [4.78, 5) is 120. The number of Topliss-reactive ketones (excluding diaryl/α,β-unsaturated/α-hetero) is 2. The molecule has 6 saturated heterocycles. The Bertz CT molecular complexity index is 1660. The summed E-state index contributed by atoms with van der Waals surface area (Å²) in [5.41, 5.74) is 0. The number of esters is 2. The largest absolute Gasteiger partial charge is 0.480 e. The summed E-state index contributed by atoms with van der Waals surface area (Å²) in [6.07, 6.45) is -6.52. The molecule has 6 aliphatic rings. The number of ether oxygens (including phenoxy) is 8. The quantitative estimate of drug-likeness (QED) is 0.0460. The monoisotopic (exact) mass is 1010 g/mol. The van der Waals surface area contributed by atoms with Gasteiger partial charge in [-0.05, 0) is 0 Å². The minimum atomic E-state index is -1.15. The number of aliphatic hydroxyl groups is 2. The van der Waals surface area contributed by atoms with Crippen LogP contribution in [0.3, 0.4) is 0 Å². The molecule has 0 aromatic carbocycles. The van der Waals surface area contributed by atoms with E-state index >= 15 is 0 Å². The maximum absolute atomic E-state index is 11.8. The number of hydrogen-bond acceptors (Lipinski definition) is 26. The number of carboxylic acids is 1. The van der Waals surface area contributed by atoms with Gasteiger partial charge < -0.3 is 78.4 Å². The van der Waals surface area contributed by atoms with E-state index in [2.05, 4.69) is 24.6 Å². The van der Waals surface area contributed by atoms with Crippen molar-refractivity contribution in [3.63, 3.8) is 0 Å². The third kappa shape index (κ3) is 20.6. The van der Waals surface area contributed by atoms with Crippen LogP contribution in [0.1, 0.15) is 60.8 Å². The van der Waals surface area contributed by atoms with Crippen molar-refractivity contribution in [3.05, 3.63) is 30.3 Å². The molecular weight excluding hydrogens is 946 g/mol. The van der Waals surface area contributed by atoms with Crippen LogP contribution in [-0.2, 0) is 86.0 Å². The van der Waals surface area contributed by atoms with E-state index in [1.54, 1.807) is 6.92 Å². The van der Waals surface area contributed by atoms with E-state index in [1.807, 2.05) is 5.32 Å². The first-order valence-corrected chi connectivity index (χ1v) is 20.3. The Balaban J connectivity index is 0.000000469. The number of hydrogen-bond donors (Lipinski definition) is 5. The normalized spacial score (nSPS) is 28.3. The van der Waals surface area contributed by atoms with Gasteiger partial charge in [0.1, 0.15) is 61.7 Å². The maximum atomic E-state index is 11.8. The van der Waals surface area contributed by atoms with Crippen LogP contribution in [-0.4, -0.2) is 204 Å². The van der Waals surface area contributed by atoms with E-state index in [-0.39, 0.29) is 97.9 Å². The summed E-state index contributed by atoms with van der Waals surface area (Å²) in [6.45, 7) is 1.90. The number of nitrogens with one attached hydrogen (secondary N) is 2. The summed E-state index contributed by atoms with van der Waals surface area (Å²) in [6, 6.07) is -0.375. The molecule has 32 nitrogen and oxygen atoms in total. The van der Waals surface area contributed by atoms with Gasteiger partial charge in [-0.25, -0.2) is 0 Å². The zero-order chi connectivity index (χ0) is 49.8. The number of amides is 2. The zero-order valence-electron chi connectivity index (χ0n) is 35.8. The standard InChI is InChI=1S/C12H18N2O7.C11H15NO9.C6H9NO6.C6H9NO5.2CH4/c1-2-7(15)3-4-10(16)13-8-5-19-12-9(21-14(17)18)6-20-11(8)12;13-3-6(14)1-2-9(15)20-7-4-18-11-8(21-12(16)17)5-19-10(7)11;8-3-1-11-6-4(13-7(9)10)2-12-5(3)6;1-4(8)12-3-5(9)7-2-6(10)11;;/h8-9,11-12H,2-6H2,1H3,(H,13,16);7-8,10-11,13H,1-5H2;3-6,8H,1-2H2;2-3H2,1H3,(H,7,9)(H,10,11);2*1H4/t8-,9+,11-,12-;7-,8+,10-,11-;3-,4+,5-,6-;;;/m111.../s1. The van der Waals surface area contributed by atoms with Crippen LogP contribution in [0.2, 0.25) is 0 Å². The van der Waals surface area contributed by atoms with Gasteiger partial charge in [0.15, 0.2) is 36.8 Å². The first-order chi connectivity index (χ1) is 31.7. The van der Waals surface area contributed by atoms with E-state index < -0.39 is 132 Å². The second kappa shape index (κ2) is 30.5. The zero-order valence-corrected chi connectivity index (χ0v) is 35.8. The van der Waals surface area contributed by atoms with Gasteiger partial charge in [-0.1, -0.05) is 21.8 Å². The molecule has 12 atom stereocenters. The van der Waals surface area contributed by atoms with Crippen LogP contribution in [0.25, 0.3) is 0 Å². The van der Waals surface area contributed by atoms with Crippen molar-refractivity contribution in [2.45, 2.75) is 134 Å². The summed E-state index contributed by atoms with van der Waals surface area (Å²) in [5, 5.41) is 58.7. The lowest BCUT2D eigenvalue weighted by Crippen LogP contribution is -2.44. The Kier molecular flexibility index (Phi) is 26.9. The van der Waals surface area contributed by atoms with Gasteiger partial charge in [-0.3, -0.25) is 33.6 Å². The molecule has 0 bridgehead atoms. The van der Waals surface area contributed by atoms with Crippen molar-refractivity contribution in [1.82, 2.24) is 10.6 Å². The molecule has 69 heavy (non-hydrogen) atoms. The van der Waals surface area contributed by atoms with Gasteiger partial charge >= 0.3 is 17.9 Å². The number of rotatable bonds is 20. The topological polar surface area (TPSA) is 435 Å². The van der Waals surface area contributed by atoms with Crippen molar-refractivity contribution in [2.24, 2.45) is 0 Å². The second-order valence-electron chi connectivity index (χ2n) is 14.7. The van der Waals surface area contributed by atoms with Crippen LogP contribution in [0, 0.1) is 30.3 Å². The van der Waals surface area contributed by atoms with Gasteiger partial charge in [-0.2, -0.15) is 0 Å². The molecule has 0 saturated carbocycles. The van der Waals surface area contributed by atoms with Crippen molar-refractivity contribution in [1.29, 1.82) is 0 Å². The molecule has 6 rings (SSSR count). The van der Waals surface area contributed by atoms with Crippen LogP contribution in [0.15, 0.2) is 0 Å². The van der Waals surface area contributed by atoms with Crippen molar-refractivity contribution >= 4 is 41.3 Å². The SMILES string of the molecule is C.C.CC(=O)OCC(=O)NCC(=O)O.CCC(=O)CCC(=O)N[C@@H]1CO[C@H]2[C@@H]1OC[C@@H]2O[N+](=O)[O-].O=C(CO)CCC(=O)O[C@@H]1CO[C@H]2[C@@H]1OC[C@@H]2O[N+](=O)[O-].O=[N+]([O-])O[C@H]1CO[C@H]2[C@@H]1OC[C@H]2O. The van der Waals surface area contributed by atoms with Gasteiger partial charge in [0.2, 0.25) is 5.91 Å². The van der Waals surface area contributed by atoms with E-state index in [0.29, 0.717) is 6.42 Å². The fourth-order valence-electron chi connectivity index (χ4n) is 6.81. The average molecular weight is 1010 g/mol. The predicted octanol–water partition coefficient (Wildman–Crippen LogP) is -3.04. The maximum Gasteiger partial charge on any atom is 0.322 e. The summed E-state index contributed by atoms with van der Waals surface area (Å²) >= 11 is 0. The molecule has 0 spiro atoms. The first-order valence-electron chi connectivity index (χ1n) is 20.3. The molecule has 6 heterocycles. The molecule has 0 aromatic rings. The summed E-state index contributed by atoms with van der Waals surface area (Å²) in [5.74, 6) is -3.66. The Hall–Kier alpha value is -6.03. The number of aliphatic carboxylic acids is 1. The fourth-order valence-corrected chi connectivity index (χ4v) is 6.81. The second-order valence-corrected chi connectivity index (χ2v) is 14.7. The minimum Gasteiger partial charge on any atom is -0.480 e. The molecule has 0 aromatic heterocycles. The fraction of sp³-hybridized carbons (Fsp3) is 0.811. The van der Waals surface area contributed by atoms with E-state index in [0.717, 1.165) is 6.92 Å². The van der Waals surface area contributed by atoms with Crippen molar-refractivity contribution in [2.75, 3.05) is 59.4 Å². The summed E-state index contributed by atoms with van der Waals surface area (Å²) < 4.78 is 41.1. The van der Waals surface area contributed by atoms with E-state index in [1.165, 1.54) is 0 Å². The Morgan fingerprint density at radius 3 is 1.58 bits per heavy atom. The highest BCUT2D eigenvalue weighted by molar-refractivity contribution is 5.85. The molecule has 0 radical (unpaired) electrons. The molecule has 0 unspecified atom stereocenters. The van der Waals surface area contributed by atoms with Crippen LogP contribution in [0.5, 0.6) is 0 Å². The highest BCUT2D eigenvalue weighted by Gasteiger charge is 2.52. The smallest absolute Gasteiger partial charge is 0.322 e. The number of carbonyl (C=O) groups is 7. The Morgan fingerprint density at radius 1 is 0.623 bits per heavy atom. The average Bonchev–Trinajstić information content (AvgIpc) is 4.14. The highest BCUT2D eigenvalue weighted by atomic mass is 17.0. The molecule has 6 aliphatic heterocycles. The number of carboxylic acid groups (broad SMARTS) is 1. The number of nitrogens with zero attached hydrogens (tertiary/aromatic N) is 3. The number of aliphatic hydroxyl groups excluding tert-OH is 2. The summed E-state index contributed by atoms with van der Waals surface area (Å²) in [7, 11) is 0. The molecular formula is C37H59N5O27. The molecule has 0 aliphatic carbocycles. The minimum absolute atomic E-state index is 0. The lowest BCUT2D eigenvalue weighted by atomic mass is 10.1. The van der Waals surface area contributed by atoms with Gasteiger partial charge in [-0.15, -0.1) is 30.3 Å². The lowest BCUT2D eigenvalue weighted by molar-refractivity contribution is -0.769. The third-order valence-electron chi connectivity index (χ3n) is 9.90.